The Morgan fingerprint density at radius 2 is 2.09 bits per heavy atom. The summed E-state index contributed by atoms with van der Waals surface area (Å²) in [6, 6.07) is 8.48. The van der Waals surface area contributed by atoms with Crippen LogP contribution in [0, 0.1) is 11.3 Å². The lowest BCUT2D eigenvalue weighted by Crippen LogP contribution is -2.19. The van der Waals surface area contributed by atoms with Gasteiger partial charge >= 0.3 is 5.97 Å². The number of nitriles is 1. The summed E-state index contributed by atoms with van der Waals surface area (Å²) in [5.74, 6) is -0.435. The van der Waals surface area contributed by atoms with E-state index in [-0.39, 0.29) is 16.4 Å². The maximum absolute atomic E-state index is 12.1. The van der Waals surface area contributed by atoms with Gasteiger partial charge in [-0.1, -0.05) is 35.5 Å². The normalized spacial score (nSPS) is 11.6. The molecule has 1 atom stereocenters. The fourth-order valence-electron chi connectivity index (χ4n) is 1.81. The van der Waals surface area contributed by atoms with E-state index in [1.165, 1.54) is 7.11 Å². The Hall–Kier alpha value is -2.30. The van der Waals surface area contributed by atoms with Gasteiger partial charge in [0.25, 0.3) is 5.56 Å². The minimum Gasteiger partial charge on any atom is -0.468 e. The molecule has 1 unspecified atom stereocenters. The van der Waals surface area contributed by atoms with Gasteiger partial charge in [-0.25, -0.2) is 4.98 Å². The number of carbonyl (C=O) groups excluding carboxylic acids is 1. The van der Waals surface area contributed by atoms with Crippen molar-refractivity contribution >= 4 is 29.3 Å². The highest BCUT2D eigenvalue weighted by Gasteiger charge is 2.19. The van der Waals surface area contributed by atoms with Crippen molar-refractivity contribution in [3.05, 3.63) is 45.2 Å². The summed E-state index contributed by atoms with van der Waals surface area (Å²) in [7, 11) is 1.29. The lowest BCUT2D eigenvalue weighted by molar-refractivity contribution is -0.139. The quantitative estimate of drug-likeness (QED) is 0.518. The third kappa shape index (κ3) is 3.92. The van der Waals surface area contributed by atoms with Crippen LogP contribution in [0.15, 0.2) is 34.2 Å². The van der Waals surface area contributed by atoms with Crippen molar-refractivity contribution in [3.8, 4) is 17.3 Å². The first-order valence-corrected chi connectivity index (χ1v) is 7.77. The van der Waals surface area contributed by atoms with E-state index in [0.29, 0.717) is 10.6 Å². The van der Waals surface area contributed by atoms with Gasteiger partial charge in [0.2, 0.25) is 0 Å². The van der Waals surface area contributed by atoms with E-state index >= 15 is 0 Å². The number of thioether (sulfide) groups is 1. The van der Waals surface area contributed by atoms with Crippen molar-refractivity contribution < 1.29 is 9.53 Å². The molecule has 0 saturated heterocycles. The molecule has 118 valence electrons. The third-order valence-corrected chi connectivity index (χ3v) is 4.16. The van der Waals surface area contributed by atoms with E-state index in [1.807, 2.05) is 6.07 Å². The van der Waals surface area contributed by atoms with Crippen LogP contribution in [0.3, 0.4) is 0 Å². The molecule has 23 heavy (non-hydrogen) atoms. The average Bonchev–Trinajstić information content (AvgIpc) is 2.54. The van der Waals surface area contributed by atoms with E-state index in [2.05, 4.69) is 14.7 Å². The second kappa shape index (κ2) is 7.31. The SMILES string of the molecule is COC(=O)C(C)Sc1nc(-c2ccc(Cl)cc2)c(C#N)c(=O)[nH]1. The molecule has 6 nitrogen and oxygen atoms in total. The number of carbonyl (C=O) groups is 1. The van der Waals surface area contributed by atoms with Crippen LogP contribution < -0.4 is 5.56 Å². The van der Waals surface area contributed by atoms with Gasteiger partial charge in [-0.2, -0.15) is 5.26 Å². The fraction of sp³-hybridized carbons (Fsp3) is 0.200. The molecule has 1 aromatic carbocycles. The Bertz CT molecular complexity index is 827. The molecule has 0 saturated carbocycles. The molecule has 8 heteroatoms. The average molecular weight is 350 g/mol. The largest absolute Gasteiger partial charge is 0.468 e. The first kappa shape index (κ1) is 17.1. The molecule has 0 radical (unpaired) electrons. The zero-order chi connectivity index (χ0) is 17.0. The predicted molar refractivity (Wildman–Crippen MR) is 87.4 cm³/mol. The highest BCUT2D eigenvalue weighted by Crippen LogP contribution is 2.25. The van der Waals surface area contributed by atoms with E-state index < -0.39 is 16.8 Å². The first-order valence-electron chi connectivity index (χ1n) is 6.51. The lowest BCUT2D eigenvalue weighted by atomic mass is 10.1. The number of nitrogens with zero attached hydrogens (tertiary/aromatic N) is 2. The van der Waals surface area contributed by atoms with Crippen LogP contribution >= 0.6 is 23.4 Å². The van der Waals surface area contributed by atoms with Crippen LogP contribution in [0.25, 0.3) is 11.3 Å². The summed E-state index contributed by atoms with van der Waals surface area (Å²) in [5, 5.41) is 9.42. The molecular weight excluding hydrogens is 338 g/mol. The zero-order valence-electron chi connectivity index (χ0n) is 12.3. The molecular formula is C15H12ClN3O3S. The number of ether oxygens (including phenoxy) is 1. The molecule has 2 rings (SSSR count). The standard InChI is InChI=1S/C15H12ClN3O3S/c1-8(14(21)22-2)23-15-18-12(11(7-17)13(20)19-15)9-3-5-10(16)6-4-9/h3-6,8H,1-2H3,(H,18,19,20). The van der Waals surface area contributed by atoms with Crippen molar-refractivity contribution in [2.75, 3.05) is 7.11 Å². The van der Waals surface area contributed by atoms with Gasteiger partial charge in [0.05, 0.1) is 12.8 Å². The van der Waals surface area contributed by atoms with Crippen LogP contribution in [-0.4, -0.2) is 28.3 Å². The van der Waals surface area contributed by atoms with Gasteiger partial charge in [-0.15, -0.1) is 0 Å². The minimum atomic E-state index is -0.563. The van der Waals surface area contributed by atoms with E-state index in [1.54, 1.807) is 31.2 Å². The Labute approximate surface area is 141 Å². The maximum Gasteiger partial charge on any atom is 0.318 e. The molecule has 0 spiro atoms. The van der Waals surface area contributed by atoms with Gasteiger partial charge in [-0.3, -0.25) is 9.59 Å². The van der Waals surface area contributed by atoms with Crippen molar-refractivity contribution in [2.45, 2.75) is 17.3 Å². The molecule has 0 aliphatic heterocycles. The number of esters is 1. The molecule has 0 amide bonds. The number of aromatic nitrogens is 2. The van der Waals surface area contributed by atoms with E-state index in [0.717, 1.165) is 11.8 Å². The number of halogens is 1. The summed E-state index contributed by atoms with van der Waals surface area (Å²) in [6.07, 6.45) is 0. The molecule has 1 N–H and O–H groups in total. The van der Waals surface area contributed by atoms with Gasteiger partial charge in [0.15, 0.2) is 5.16 Å². The lowest BCUT2D eigenvalue weighted by Gasteiger charge is -2.10. The van der Waals surface area contributed by atoms with Crippen molar-refractivity contribution in [3.63, 3.8) is 0 Å². The van der Waals surface area contributed by atoms with Crippen LogP contribution in [0.2, 0.25) is 5.02 Å². The molecule has 0 aliphatic carbocycles. The molecule has 0 aliphatic rings. The fourth-order valence-corrected chi connectivity index (χ4v) is 2.76. The molecule has 2 aromatic rings. The van der Waals surface area contributed by atoms with Crippen LogP contribution in [0.5, 0.6) is 0 Å². The van der Waals surface area contributed by atoms with Gasteiger partial charge in [0, 0.05) is 10.6 Å². The summed E-state index contributed by atoms with van der Waals surface area (Å²) in [5.41, 5.74) is 0.173. The monoisotopic (exact) mass is 349 g/mol. The minimum absolute atomic E-state index is 0.0950. The number of rotatable bonds is 4. The van der Waals surface area contributed by atoms with Crippen molar-refractivity contribution in [2.24, 2.45) is 0 Å². The zero-order valence-corrected chi connectivity index (χ0v) is 13.9. The maximum atomic E-state index is 12.1. The number of aromatic amines is 1. The number of methoxy groups -OCH3 is 1. The Morgan fingerprint density at radius 3 is 2.65 bits per heavy atom. The smallest absolute Gasteiger partial charge is 0.318 e. The summed E-state index contributed by atoms with van der Waals surface area (Å²) >= 11 is 6.89. The summed E-state index contributed by atoms with van der Waals surface area (Å²) in [4.78, 5) is 30.4. The topological polar surface area (TPSA) is 95.8 Å². The highest BCUT2D eigenvalue weighted by atomic mass is 35.5. The third-order valence-electron chi connectivity index (χ3n) is 2.95. The number of H-pyrrole nitrogens is 1. The highest BCUT2D eigenvalue weighted by molar-refractivity contribution is 8.00. The molecule has 1 aromatic heterocycles. The van der Waals surface area contributed by atoms with Crippen molar-refractivity contribution in [1.29, 1.82) is 5.26 Å². The van der Waals surface area contributed by atoms with Crippen molar-refractivity contribution in [1.82, 2.24) is 9.97 Å². The van der Waals surface area contributed by atoms with E-state index in [9.17, 15) is 14.9 Å². The first-order chi connectivity index (χ1) is 11.0. The summed E-state index contributed by atoms with van der Waals surface area (Å²) < 4.78 is 4.64. The van der Waals surface area contributed by atoms with Gasteiger partial charge in [0.1, 0.15) is 16.9 Å². The van der Waals surface area contributed by atoms with Gasteiger partial charge in [-0.05, 0) is 19.1 Å². The number of nitrogens with one attached hydrogen (secondary N) is 1. The molecule has 0 bridgehead atoms. The number of hydrogen-bond acceptors (Lipinski definition) is 6. The Morgan fingerprint density at radius 1 is 1.43 bits per heavy atom. The van der Waals surface area contributed by atoms with Crippen LogP contribution in [0.4, 0.5) is 0 Å². The Balaban J connectivity index is 2.49. The number of hydrogen-bond donors (Lipinski definition) is 1. The predicted octanol–water partition coefficient (Wildman–Crippen LogP) is 2.62. The second-order valence-electron chi connectivity index (χ2n) is 4.50. The molecule has 1 heterocycles. The van der Waals surface area contributed by atoms with E-state index in [4.69, 9.17) is 11.6 Å². The molecule has 0 fully saturated rings. The van der Waals surface area contributed by atoms with Gasteiger partial charge < -0.3 is 9.72 Å². The van der Waals surface area contributed by atoms with Crippen LogP contribution in [-0.2, 0) is 9.53 Å². The van der Waals surface area contributed by atoms with Crippen LogP contribution in [0.1, 0.15) is 12.5 Å². The number of benzene rings is 1. The summed E-state index contributed by atoms with van der Waals surface area (Å²) in [6.45, 7) is 1.64. The second-order valence-corrected chi connectivity index (χ2v) is 6.26. The Kier molecular flexibility index (Phi) is 5.42.